The molecule has 0 saturated carbocycles. The highest BCUT2D eigenvalue weighted by molar-refractivity contribution is 9.09. The summed E-state index contributed by atoms with van der Waals surface area (Å²) in [5, 5.41) is 0.485. The lowest BCUT2D eigenvalue weighted by molar-refractivity contribution is 0.0991. The second-order valence-electron chi connectivity index (χ2n) is 4.12. The molecule has 0 aliphatic carbocycles. The fraction of sp³-hybridized carbons (Fsp3) is 0.133. The summed E-state index contributed by atoms with van der Waals surface area (Å²) in [5.41, 5.74) is 2.65. The Labute approximate surface area is 120 Å². The van der Waals surface area contributed by atoms with Crippen LogP contribution in [0, 0.1) is 6.92 Å². The van der Waals surface area contributed by atoms with Gasteiger partial charge in [0.15, 0.2) is 5.78 Å². The maximum absolute atomic E-state index is 12.3. The van der Waals surface area contributed by atoms with Gasteiger partial charge in [0.05, 0.1) is 5.02 Å². The Morgan fingerprint density at radius 3 is 2.33 bits per heavy atom. The van der Waals surface area contributed by atoms with E-state index in [1.807, 2.05) is 43.3 Å². The molecule has 1 atom stereocenters. The zero-order valence-electron chi connectivity index (χ0n) is 9.86. The maximum Gasteiger partial charge on any atom is 0.182 e. The third kappa shape index (κ3) is 2.82. The van der Waals surface area contributed by atoms with E-state index in [2.05, 4.69) is 15.9 Å². The summed E-state index contributed by atoms with van der Waals surface area (Å²) in [5.74, 6) is -0.0237. The van der Waals surface area contributed by atoms with Gasteiger partial charge < -0.3 is 0 Å². The number of aryl methyl sites for hydroxylation is 1. The predicted molar refractivity (Wildman–Crippen MR) is 78.6 cm³/mol. The highest BCUT2D eigenvalue weighted by atomic mass is 79.9. The number of rotatable bonds is 3. The second kappa shape index (κ2) is 5.68. The van der Waals surface area contributed by atoms with Crippen LogP contribution in [-0.2, 0) is 0 Å². The van der Waals surface area contributed by atoms with Gasteiger partial charge in [-0.3, -0.25) is 4.79 Å². The van der Waals surface area contributed by atoms with Crippen molar-refractivity contribution in [2.45, 2.75) is 11.8 Å². The molecule has 0 saturated heterocycles. The summed E-state index contributed by atoms with van der Waals surface area (Å²) in [6, 6.07) is 15.0. The van der Waals surface area contributed by atoms with E-state index in [0.717, 1.165) is 5.56 Å². The van der Waals surface area contributed by atoms with Crippen LogP contribution in [0.5, 0.6) is 0 Å². The normalized spacial score (nSPS) is 12.2. The van der Waals surface area contributed by atoms with Crippen LogP contribution in [0.3, 0.4) is 0 Å². The molecular formula is C15H12BrClO. The first-order valence-corrected chi connectivity index (χ1v) is 6.88. The van der Waals surface area contributed by atoms with E-state index >= 15 is 0 Å². The molecule has 0 fully saturated rings. The van der Waals surface area contributed by atoms with Gasteiger partial charge in [-0.25, -0.2) is 0 Å². The van der Waals surface area contributed by atoms with E-state index in [4.69, 9.17) is 11.6 Å². The van der Waals surface area contributed by atoms with Crippen LogP contribution in [0.25, 0.3) is 0 Å². The highest BCUT2D eigenvalue weighted by Gasteiger charge is 2.20. The molecule has 2 aromatic rings. The number of Topliss-reactive ketones (excluding diaryl/α,β-unsaturated/α-hetero) is 1. The van der Waals surface area contributed by atoms with Gasteiger partial charge in [-0.05, 0) is 24.6 Å². The van der Waals surface area contributed by atoms with Crippen molar-refractivity contribution in [2.75, 3.05) is 0 Å². The molecule has 0 aromatic heterocycles. The smallest absolute Gasteiger partial charge is 0.182 e. The molecule has 0 spiro atoms. The van der Waals surface area contributed by atoms with Gasteiger partial charge >= 0.3 is 0 Å². The minimum absolute atomic E-state index is 0.0237. The Morgan fingerprint density at radius 1 is 1.11 bits per heavy atom. The molecule has 0 bridgehead atoms. The average Bonchev–Trinajstić information content (AvgIpc) is 2.38. The number of hydrogen-bond acceptors (Lipinski definition) is 1. The molecule has 3 heteroatoms. The van der Waals surface area contributed by atoms with E-state index in [-0.39, 0.29) is 10.6 Å². The summed E-state index contributed by atoms with van der Waals surface area (Å²) in [7, 11) is 0. The van der Waals surface area contributed by atoms with Crippen LogP contribution in [0.1, 0.15) is 26.3 Å². The van der Waals surface area contributed by atoms with Gasteiger partial charge in [0.25, 0.3) is 0 Å². The zero-order valence-corrected chi connectivity index (χ0v) is 12.2. The fourth-order valence-electron chi connectivity index (χ4n) is 1.68. The lowest BCUT2D eigenvalue weighted by Crippen LogP contribution is -2.07. The summed E-state index contributed by atoms with van der Waals surface area (Å²) in [4.78, 5) is 12.0. The van der Waals surface area contributed by atoms with Crippen molar-refractivity contribution in [3.63, 3.8) is 0 Å². The Morgan fingerprint density at radius 2 is 1.72 bits per heavy atom. The van der Waals surface area contributed by atoms with Gasteiger partial charge in [-0.15, -0.1) is 0 Å². The molecule has 0 N–H and O–H groups in total. The summed E-state index contributed by atoms with van der Waals surface area (Å²) < 4.78 is 0. The van der Waals surface area contributed by atoms with Crippen LogP contribution in [0.15, 0.2) is 48.5 Å². The number of carbonyl (C=O) groups excluding carboxylic acids is 1. The van der Waals surface area contributed by atoms with E-state index in [0.29, 0.717) is 10.6 Å². The number of halogens is 2. The summed E-state index contributed by atoms with van der Waals surface area (Å²) in [6.45, 7) is 2.02. The first-order valence-electron chi connectivity index (χ1n) is 5.59. The molecule has 1 nitrogen and oxygen atoms in total. The minimum Gasteiger partial charge on any atom is -0.292 e. The SMILES string of the molecule is Cc1ccc(C(Br)C(=O)c2ccccc2Cl)cc1. The monoisotopic (exact) mass is 322 g/mol. The molecule has 0 aliphatic rings. The second-order valence-corrected chi connectivity index (χ2v) is 5.44. The van der Waals surface area contributed by atoms with Gasteiger partial charge in [0.1, 0.15) is 4.83 Å². The first-order chi connectivity index (χ1) is 8.59. The molecule has 92 valence electrons. The quantitative estimate of drug-likeness (QED) is 0.576. The number of benzene rings is 2. The topological polar surface area (TPSA) is 17.1 Å². The van der Waals surface area contributed by atoms with Crippen molar-refractivity contribution < 1.29 is 4.79 Å². The Bertz CT molecular complexity index is 563. The summed E-state index contributed by atoms with van der Waals surface area (Å²) >= 11 is 9.47. The fourth-order valence-corrected chi connectivity index (χ4v) is 2.47. The van der Waals surface area contributed by atoms with E-state index in [1.165, 1.54) is 5.56 Å². The van der Waals surface area contributed by atoms with Crippen LogP contribution >= 0.6 is 27.5 Å². The first kappa shape index (κ1) is 13.3. The minimum atomic E-state index is -0.363. The third-order valence-corrected chi connectivity index (χ3v) is 4.01. The van der Waals surface area contributed by atoms with Gasteiger partial charge in [0.2, 0.25) is 0 Å². The largest absolute Gasteiger partial charge is 0.292 e. The van der Waals surface area contributed by atoms with Crippen LogP contribution < -0.4 is 0 Å². The Kier molecular flexibility index (Phi) is 4.20. The van der Waals surface area contributed by atoms with E-state index in [9.17, 15) is 4.79 Å². The molecule has 2 aromatic carbocycles. The molecule has 18 heavy (non-hydrogen) atoms. The van der Waals surface area contributed by atoms with Crippen molar-refractivity contribution in [1.82, 2.24) is 0 Å². The summed E-state index contributed by atoms with van der Waals surface area (Å²) in [6.07, 6.45) is 0. The molecule has 0 heterocycles. The van der Waals surface area contributed by atoms with Crippen molar-refractivity contribution in [2.24, 2.45) is 0 Å². The van der Waals surface area contributed by atoms with Crippen molar-refractivity contribution >= 4 is 33.3 Å². The molecular weight excluding hydrogens is 312 g/mol. The molecule has 0 amide bonds. The van der Waals surface area contributed by atoms with Crippen molar-refractivity contribution in [1.29, 1.82) is 0 Å². The standard InChI is InChI=1S/C15H12BrClO/c1-10-6-8-11(9-7-10)14(16)15(18)12-4-2-3-5-13(12)17/h2-9,14H,1H3. The van der Waals surface area contributed by atoms with Crippen LogP contribution in [0.4, 0.5) is 0 Å². The van der Waals surface area contributed by atoms with E-state index < -0.39 is 0 Å². The maximum atomic E-state index is 12.3. The number of carbonyl (C=O) groups is 1. The van der Waals surface area contributed by atoms with Crippen LogP contribution in [-0.4, -0.2) is 5.78 Å². The van der Waals surface area contributed by atoms with Gasteiger partial charge in [-0.1, -0.05) is 69.5 Å². The van der Waals surface area contributed by atoms with Crippen molar-refractivity contribution in [3.8, 4) is 0 Å². The van der Waals surface area contributed by atoms with Gasteiger partial charge in [0, 0.05) is 5.56 Å². The average molecular weight is 324 g/mol. The number of hydrogen-bond donors (Lipinski definition) is 0. The van der Waals surface area contributed by atoms with Gasteiger partial charge in [-0.2, -0.15) is 0 Å². The lowest BCUT2D eigenvalue weighted by atomic mass is 10.0. The Hall–Kier alpha value is -1.12. The predicted octanol–water partition coefficient (Wildman–Crippen LogP) is 4.97. The van der Waals surface area contributed by atoms with Crippen LogP contribution in [0.2, 0.25) is 5.02 Å². The molecule has 0 aliphatic heterocycles. The number of ketones is 1. The third-order valence-electron chi connectivity index (χ3n) is 2.74. The van der Waals surface area contributed by atoms with Crippen molar-refractivity contribution in [3.05, 3.63) is 70.2 Å². The lowest BCUT2D eigenvalue weighted by Gasteiger charge is -2.10. The number of alkyl halides is 1. The molecule has 0 radical (unpaired) electrons. The zero-order chi connectivity index (χ0) is 13.1. The molecule has 1 unspecified atom stereocenters. The van der Waals surface area contributed by atoms with E-state index in [1.54, 1.807) is 12.1 Å². The highest BCUT2D eigenvalue weighted by Crippen LogP contribution is 2.29. The molecule has 2 rings (SSSR count). The Balaban J connectivity index is 2.29.